The first-order valence-electron chi connectivity index (χ1n) is 8.04. The Morgan fingerprint density at radius 2 is 1.70 bits per heavy atom. The Balaban J connectivity index is 1.68. The Labute approximate surface area is 161 Å². The molecule has 3 rings (SSSR count). The SMILES string of the molecule is CN(N=Cc1ccc(C(=O)Cl)cc1)C(=O)c1cnc(-c2ccccc2)cn1. The smallest absolute Gasteiger partial charge is 0.276 e. The Hall–Kier alpha value is -3.38. The van der Waals surface area contributed by atoms with Gasteiger partial charge in [0.25, 0.3) is 11.1 Å². The van der Waals surface area contributed by atoms with Gasteiger partial charge >= 0.3 is 0 Å². The molecule has 1 amide bonds. The molecule has 7 heteroatoms. The molecule has 27 heavy (non-hydrogen) atoms. The number of aromatic nitrogens is 2. The molecule has 1 aromatic heterocycles. The summed E-state index contributed by atoms with van der Waals surface area (Å²) in [5.74, 6) is -0.383. The second-order valence-electron chi connectivity index (χ2n) is 5.62. The van der Waals surface area contributed by atoms with Gasteiger partial charge in [-0.2, -0.15) is 5.10 Å². The minimum atomic E-state index is -0.525. The molecule has 134 valence electrons. The van der Waals surface area contributed by atoms with Crippen LogP contribution in [0.3, 0.4) is 0 Å². The average molecular weight is 379 g/mol. The maximum absolute atomic E-state index is 12.4. The predicted molar refractivity (Wildman–Crippen MR) is 104 cm³/mol. The average Bonchev–Trinajstić information content (AvgIpc) is 2.72. The second-order valence-corrected chi connectivity index (χ2v) is 5.97. The molecule has 0 radical (unpaired) electrons. The standard InChI is InChI=1S/C20H15ClN4O2/c1-25(24-11-14-7-9-16(10-8-14)19(21)26)20(27)18-13-22-17(12-23-18)15-5-3-2-4-6-15/h2-13H,1H3. The Morgan fingerprint density at radius 1 is 1.00 bits per heavy atom. The molecule has 0 aliphatic rings. The van der Waals surface area contributed by atoms with Crippen molar-refractivity contribution >= 4 is 29.0 Å². The van der Waals surface area contributed by atoms with Crippen LogP contribution in [-0.4, -0.2) is 39.4 Å². The van der Waals surface area contributed by atoms with E-state index in [4.69, 9.17) is 11.6 Å². The second kappa shape index (κ2) is 8.33. The van der Waals surface area contributed by atoms with E-state index < -0.39 is 5.24 Å². The number of carbonyl (C=O) groups is 2. The van der Waals surface area contributed by atoms with Crippen LogP contribution >= 0.6 is 11.6 Å². The molecule has 0 saturated carbocycles. The summed E-state index contributed by atoms with van der Waals surface area (Å²) in [5, 5.41) is 4.75. The van der Waals surface area contributed by atoms with Crippen molar-refractivity contribution in [2.24, 2.45) is 5.10 Å². The highest BCUT2D eigenvalue weighted by molar-refractivity contribution is 6.67. The van der Waals surface area contributed by atoms with Crippen molar-refractivity contribution in [3.05, 3.63) is 83.8 Å². The van der Waals surface area contributed by atoms with Gasteiger partial charge in [-0.3, -0.25) is 14.6 Å². The normalized spacial score (nSPS) is 10.7. The molecular weight excluding hydrogens is 364 g/mol. The van der Waals surface area contributed by atoms with Crippen molar-refractivity contribution in [1.82, 2.24) is 15.0 Å². The maximum atomic E-state index is 12.4. The zero-order valence-corrected chi connectivity index (χ0v) is 15.2. The van der Waals surface area contributed by atoms with Crippen LogP contribution in [0.25, 0.3) is 11.3 Å². The van der Waals surface area contributed by atoms with Crippen molar-refractivity contribution < 1.29 is 9.59 Å². The van der Waals surface area contributed by atoms with E-state index in [2.05, 4.69) is 15.1 Å². The van der Waals surface area contributed by atoms with Crippen molar-refractivity contribution in [3.63, 3.8) is 0 Å². The molecule has 0 saturated heterocycles. The van der Waals surface area contributed by atoms with E-state index in [1.54, 1.807) is 30.5 Å². The van der Waals surface area contributed by atoms with Gasteiger partial charge < -0.3 is 0 Å². The topological polar surface area (TPSA) is 75.5 Å². The molecule has 0 aliphatic carbocycles. The maximum Gasteiger partial charge on any atom is 0.293 e. The number of rotatable bonds is 5. The lowest BCUT2D eigenvalue weighted by molar-refractivity contribution is 0.0794. The summed E-state index contributed by atoms with van der Waals surface area (Å²) >= 11 is 5.40. The number of hydrazone groups is 1. The van der Waals surface area contributed by atoms with Gasteiger partial charge in [-0.15, -0.1) is 0 Å². The molecule has 3 aromatic rings. The van der Waals surface area contributed by atoms with E-state index in [0.29, 0.717) is 11.3 Å². The lowest BCUT2D eigenvalue weighted by atomic mass is 10.2. The summed E-state index contributed by atoms with van der Waals surface area (Å²) in [7, 11) is 1.53. The lowest BCUT2D eigenvalue weighted by Crippen LogP contribution is -2.22. The number of carbonyl (C=O) groups excluding carboxylic acids is 2. The van der Waals surface area contributed by atoms with Gasteiger partial charge in [0.15, 0.2) is 0 Å². The lowest BCUT2D eigenvalue weighted by Gasteiger charge is -2.10. The van der Waals surface area contributed by atoms with Gasteiger partial charge in [0.1, 0.15) is 5.69 Å². The summed E-state index contributed by atoms with van der Waals surface area (Å²) in [4.78, 5) is 31.9. The van der Waals surface area contributed by atoms with Crippen LogP contribution in [0.1, 0.15) is 26.4 Å². The Bertz CT molecular complexity index is 971. The molecule has 0 spiro atoms. The highest BCUT2D eigenvalue weighted by Crippen LogP contribution is 2.15. The number of benzene rings is 2. The third-order valence-electron chi connectivity index (χ3n) is 3.75. The third-order valence-corrected chi connectivity index (χ3v) is 3.97. The van der Waals surface area contributed by atoms with Crippen LogP contribution in [0.5, 0.6) is 0 Å². The Morgan fingerprint density at radius 3 is 2.30 bits per heavy atom. The zero-order valence-electron chi connectivity index (χ0n) is 14.4. The first kappa shape index (κ1) is 18.4. The summed E-state index contributed by atoms with van der Waals surface area (Å²) < 4.78 is 0. The molecule has 0 unspecified atom stereocenters. The van der Waals surface area contributed by atoms with Crippen LogP contribution in [-0.2, 0) is 0 Å². The summed E-state index contributed by atoms with van der Waals surface area (Å²) in [5.41, 5.74) is 2.92. The number of hydrogen-bond donors (Lipinski definition) is 0. The third kappa shape index (κ3) is 4.62. The van der Waals surface area contributed by atoms with Gasteiger partial charge in [0.2, 0.25) is 0 Å². The van der Waals surface area contributed by atoms with Crippen LogP contribution in [0.4, 0.5) is 0 Å². The predicted octanol–water partition coefficient (Wildman–Crippen LogP) is 3.63. The fourth-order valence-electron chi connectivity index (χ4n) is 2.27. The molecule has 6 nitrogen and oxygen atoms in total. The van der Waals surface area contributed by atoms with Gasteiger partial charge in [0.05, 0.1) is 24.3 Å². The molecule has 2 aromatic carbocycles. The first-order valence-corrected chi connectivity index (χ1v) is 8.42. The minimum Gasteiger partial charge on any atom is -0.276 e. The van der Waals surface area contributed by atoms with Crippen LogP contribution in [0, 0.1) is 0 Å². The minimum absolute atomic E-state index is 0.192. The van der Waals surface area contributed by atoms with Crippen LogP contribution < -0.4 is 0 Å². The monoisotopic (exact) mass is 378 g/mol. The highest BCUT2D eigenvalue weighted by atomic mass is 35.5. The Kier molecular flexibility index (Phi) is 5.68. The summed E-state index contributed by atoms with van der Waals surface area (Å²) in [6, 6.07) is 16.1. The molecule has 0 atom stereocenters. The largest absolute Gasteiger partial charge is 0.293 e. The fourth-order valence-corrected chi connectivity index (χ4v) is 2.39. The van der Waals surface area contributed by atoms with Crippen LogP contribution in [0.2, 0.25) is 0 Å². The van der Waals surface area contributed by atoms with E-state index in [0.717, 1.165) is 11.1 Å². The van der Waals surface area contributed by atoms with E-state index in [1.807, 2.05) is 30.3 Å². The summed E-state index contributed by atoms with van der Waals surface area (Å²) in [6.45, 7) is 0. The molecule has 0 fully saturated rings. The van der Waals surface area contributed by atoms with Crippen molar-refractivity contribution in [3.8, 4) is 11.3 Å². The molecule has 0 aliphatic heterocycles. The fraction of sp³-hybridized carbons (Fsp3) is 0.0500. The quantitative estimate of drug-likeness (QED) is 0.386. The molecule has 0 bridgehead atoms. The number of amides is 1. The van der Waals surface area contributed by atoms with Crippen LogP contribution in [0.15, 0.2) is 72.1 Å². The van der Waals surface area contributed by atoms with Crippen molar-refractivity contribution in [2.45, 2.75) is 0 Å². The highest BCUT2D eigenvalue weighted by Gasteiger charge is 2.13. The van der Waals surface area contributed by atoms with Gasteiger partial charge in [0, 0.05) is 18.2 Å². The summed E-state index contributed by atoms with van der Waals surface area (Å²) in [6.07, 6.45) is 4.49. The van der Waals surface area contributed by atoms with E-state index in [1.165, 1.54) is 24.5 Å². The molecular formula is C20H15ClN4O2. The van der Waals surface area contributed by atoms with Gasteiger partial charge in [-0.1, -0.05) is 42.5 Å². The van der Waals surface area contributed by atoms with E-state index in [-0.39, 0.29) is 11.6 Å². The number of halogens is 1. The van der Waals surface area contributed by atoms with E-state index in [9.17, 15) is 9.59 Å². The van der Waals surface area contributed by atoms with Gasteiger partial charge in [-0.25, -0.2) is 9.99 Å². The van der Waals surface area contributed by atoms with E-state index >= 15 is 0 Å². The zero-order chi connectivity index (χ0) is 19.2. The van der Waals surface area contributed by atoms with Gasteiger partial charge in [-0.05, 0) is 29.3 Å². The molecule has 1 heterocycles. The van der Waals surface area contributed by atoms with Crippen molar-refractivity contribution in [1.29, 1.82) is 0 Å². The number of hydrogen-bond acceptors (Lipinski definition) is 5. The first-order chi connectivity index (χ1) is 13.0. The van der Waals surface area contributed by atoms with Crippen molar-refractivity contribution in [2.75, 3.05) is 7.05 Å². The molecule has 0 N–H and O–H groups in total. The number of nitrogens with zero attached hydrogens (tertiary/aromatic N) is 4.